The molecule has 0 N–H and O–H groups in total. The third kappa shape index (κ3) is 4.02. The maximum Gasteiger partial charge on any atom is 0.219 e. The van der Waals surface area contributed by atoms with Crippen LogP contribution < -0.4 is 0 Å². The maximum absolute atomic E-state index is 9.13. The zero-order valence-corrected chi connectivity index (χ0v) is 27.3. The Bertz CT molecular complexity index is 2310. The third-order valence-electron chi connectivity index (χ3n) is 7.92. The largest absolute Gasteiger partial charge is 0.219 e. The van der Waals surface area contributed by atoms with E-state index in [-0.39, 0.29) is 22.3 Å². The average molecular weight is 647 g/mol. The second kappa shape index (κ2) is 9.66. The molecular weight excluding hydrogens is 629 g/mol. The molecule has 0 spiro atoms. The van der Waals surface area contributed by atoms with E-state index in [4.69, 9.17) is 21.0 Å². The summed E-state index contributed by atoms with van der Waals surface area (Å²) in [5.41, 5.74) is 4.77. The van der Waals surface area contributed by atoms with Gasteiger partial charge in [0.05, 0.1) is 14.1 Å². The van der Waals surface area contributed by atoms with Gasteiger partial charge in [-0.1, -0.05) is 33.8 Å². The van der Waals surface area contributed by atoms with E-state index in [1.165, 1.54) is 68.6 Å². The summed E-state index contributed by atoms with van der Waals surface area (Å²) in [6, 6.07) is 17.4. The molecule has 0 saturated heterocycles. The molecule has 7 rings (SSSR count). The fourth-order valence-corrected chi connectivity index (χ4v) is 12.8. The predicted octanol–water partition coefficient (Wildman–Crippen LogP) is 10.4. The number of nitriles is 4. The molecule has 5 aromatic rings. The smallest absolute Gasteiger partial charge is 0.216 e. The zero-order valence-electron chi connectivity index (χ0n) is 23.2. The Morgan fingerprint density at radius 3 is 1.88 bits per heavy atom. The van der Waals surface area contributed by atoms with Crippen molar-refractivity contribution in [1.29, 1.82) is 21.0 Å². The van der Waals surface area contributed by atoms with Crippen molar-refractivity contribution >= 4 is 108 Å². The number of hydrogen-bond donors (Lipinski definition) is 0. The van der Waals surface area contributed by atoms with Crippen molar-refractivity contribution in [2.45, 2.75) is 33.1 Å². The van der Waals surface area contributed by atoms with Crippen molar-refractivity contribution in [3.8, 4) is 34.0 Å². The van der Waals surface area contributed by atoms with E-state index in [0.717, 1.165) is 14.6 Å². The molecule has 0 bridgehead atoms. The van der Waals surface area contributed by atoms with Gasteiger partial charge in [-0.3, -0.25) is 0 Å². The van der Waals surface area contributed by atoms with Gasteiger partial charge < -0.3 is 0 Å². The monoisotopic (exact) mass is 646 g/mol. The van der Waals surface area contributed by atoms with Crippen LogP contribution in [-0.2, 0) is 5.41 Å². The minimum atomic E-state index is -0.219. The van der Waals surface area contributed by atoms with Crippen LogP contribution in [0.3, 0.4) is 0 Å². The Kier molecular flexibility index (Phi) is 6.20. The van der Waals surface area contributed by atoms with Gasteiger partial charge in [-0.2, -0.15) is 21.0 Å². The molecule has 5 heterocycles. The van der Waals surface area contributed by atoms with Gasteiger partial charge in [-0.15, -0.1) is 56.7 Å². The van der Waals surface area contributed by atoms with Crippen molar-refractivity contribution in [2.24, 2.45) is 15.4 Å². The van der Waals surface area contributed by atoms with Crippen LogP contribution >= 0.6 is 56.7 Å². The lowest BCUT2D eigenvalue weighted by atomic mass is 9.79. The minimum absolute atomic E-state index is 0.138. The summed E-state index contributed by atoms with van der Waals surface area (Å²) < 4.78 is 5.28. The Morgan fingerprint density at radius 2 is 1.26 bits per heavy atom. The molecule has 0 fully saturated rings. The highest BCUT2D eigenvalue weighted by Crippen LogP contribution is 2.66. The SMILES string of the molecule is CC1(C)C(c2ccc(N=C(C#N)C#N)s2)=CC2=C1c1sc3c(sc4cc(-c5ccc(N=C(C#N)C#N)s5)sc43)c1C2(C)C. The highest BCUT2D eigenvalue weighted by Gasteiger charge is 2.50. The fourth-order valence-electron chi connectivity index (χ4n) is 5.95. The molecule has 11 heteroatoms. The summed E-state index contributed by atoms with van der Waals surface area (Å²) >= 11 is 8.55. The molecule has 0 aliphatic heterocycles. The van der Waals surface area contributed by atoms with E-state index in [2.05, 4.69) is 49.8 Å². The van der Waals surface area contributed by atoms with Gasteiger partial charge in [-0.25, -0.2) is 9.98 Å². The lowest BCUT2D eigenvalue weighted by Crippen LogP contribution is -2.15. The van der Waals surface area contributed by atoms with Crippen molar-refractivity contribution in [2.75, 3.05) is 0 Å². The van der Waals surface area contributed by atoms with Crippen LogP contribution in [0.25, 0.3) is 39.7 Å². The summed E-state index contributed by atoms with van der Waals surface area (Å²) in [7, 11) is 0. The highest BCUT2D eigenvalue weighted by molar-refractivity contribution is 7.40. The molecule has 0 amide bonds. The van der Waals surface area contributed by atoms with Gasteiger partial charge in [0.15, 0.2) is 0 Å². The van der Waals surface area contributed by atoms with Gasteiger partial charge in [0, 0.05) is 35.0 Å². The third-order valence-corrected chi connectivity index (χ3v) is 14.0. The molecule has 2 aliphatic rings. The summed E-state index contributed by atoms with van der Waals surface area (Å²) in [5, 5.41) is 37.7. The maximum atomic E-state index is 9.13. The molecule has 206 valence electrons. The van der Waals surface area contributed by atoms with E-state index < -0.39 is 0 Å². The number of nitrogens with zero attached hydrogens (tertiary/aromatic N) is 6. The molecule has 0 saturated carbocycles. The van der Waals surface area contributed by atoms with Gasteiger partial charge in [0.2, 0.25) is 11.4 Å². The van der Waals surface area contributed by atoms with Crippen molar-refractivity contribution < 1.29 is 0 Å². The molecule has 0 atom stereocenters. The fraction of sp³-hybridized carbons (Fsp3) is 0.188. The molecule has 0 unspecified atom stereocenters. The summed E-state index contributed by atoms with van der Waals surface area (Å²) in [6.07, 6.45) is 2.36. The summed E-state index contributed by atoms with van der Waals surface area (Å²) in [4.78, 5) is 13.1. The van der Waals surface area contributed by atoms with Gasteiger partial charge in [-0.05, 0) is 52.6 Å². The normalized spacial score (nSPS) is 15.8. The van der Waals surface area contributed by atoms with E-state index in [1.807, 2.05) is 71.2 Å². The van der Waals surface area contributed by atoms with Crippen LogP contribution in [0.5, 0.6) is 0 Å². The predicted molar refractivity (Wildman–Crippen MR) is 181 cm³/mol. The first kappa shape index (κ1) is 27.6. The number of hydrogen-bond acceptors (Lipinski definition) is 11. The van der Waals surface area contributed by atoms with Gasteiger partial charge >= 0.3 is 0 Å². The number of rotatable bonds is 4. The molecule has 0 radical (unpaired) electrons. The quantitative estimate of drug-likeness (QED) is 0.180. The number of thiophene rings is 5. The van der Waals surface area contributed by atoms with Crippen LogP contribution in [0, 0.1) is 50.7 Å². The van der Waals surface area contributed by atoms with Crippen LogP contribution in [0.15, 0.2) is 52.0 Å². The molecular formula is C32H18N6S5. The molecule has 2 aliphatic carbocycles. The number of aliphatic imine (C=N–C) groups is 2. The zero-order chi connectivity index (χ0) is 30.3. The Balaban J connectivity index is 1.28. The number of fused-ring (bicyclic) bond motifs is 6. The second-order valence-electron chi connectivity index (χ2n) is 11.1. The van der Waals surface area contributed by atoms with Crippen molar-refractivity contribution in [3.05, 3.63) is 57.3 Å². The van der Waals surface area contributed by atoms with E-state index >= 15 is 0 Å². The molecule has 6 nitrogen and oxygen atoms in total. The average Bonchev–Trinajstić information content (AvgIpc) is 3.81. The Morgan fingerprint density at radius 1 is 0.651 bits per heavy atom. The summed E-state index contributed by atoms with van der Waals surface area (Å²) in [5.74, 6) is 0. The lowest BCUT2D eigenvalue weighted by molar-refractivity contribution is 0.660. The summed E-state index contributed by atoms with van der Waals surface area (Å²) in [6.45, 7) is 9.24. The first-order valence-electron chi connectivity index (χ1n) is 13.1. The van der Waals surface area contributed by atoms with Gasteiger partial charge in [0.25, 0.3) is 0 Å². The van der Waals surface area contributed by atoms with Crippen LogP contribution in [-0.4, -0.2) is 11.4 Å². The van der Waals surface area contributed by atoms with Crippen LogP contribution in [0.4, 0.5) is 10.0 Å². The highest BCUT2D eigenvalue weighted by atomic mass is 32.1. The topological polar surface area (TPSA) is 120 Å². The number of allylic oxidation sites excluding steroid dienone is 4. The van der Waals surface area contributed by atoms with Crippen LogP contribution in [0.1, 0.15) is 43.0 Å². The van der Waals surface area contributed by atoms with Gasteiger partial charge in [0.1, 0.15) is 34.3 Å². The van der Waals surface area contributed by atoms with E-state index in [9.17, 15) is 0 Å². The lowest BCUT2D eigenvalue weighted by Gasteiger charge is -2.26. The standard InChI is InChI=1S/C32H18N6S5/c1-31(2)17(19-5-7-23(39-19)37-15(11-33)12-34)9-18-25(31)28-26(32(18,3)4)29-30(43-28)27-22(42-29)10-21(41-27)20-6-8-24(40-20)38-16(13-35)14-36/h5-10H,1-4H3. The molecule has 0 aromatic carbocycles. The molecule has 5 aromatic heterocycles. The first-order chi connectivity index (χ1) is 20.6. The van der Waals surface area contributed by atoms with E-state index in [1.54, 1.807) is 11.3 Å². The van der Waals surface area contributed by atoms with Crippen molar-refractivity contribution in [1.82, 2.24) is 0 Å². The minimum Gasteiger partial charge on any atom is -0.216 e. The second-order valence-corrected chi connectivity index (χ2v) is 16.4. The Labute approximate surface area is 267 Å². The first-order valence-corrected chi connectivity index (χ1v) is 17.1. The Hall–Kier alpha value is -4.20. The molecule has 43 heavy (non-hydrogen) atoms. The van der Waals surface area contributed by atoms with Crippen molar-refractivity contribution in [3.63, 3.8) is 0 Å². The van der Waals surface area contributed by atoms with Crippen LogP contribution in [0.2, 0.25) is 0 Å². The van der Waals surface area contributed by atoms with E-state index in [0.29, 0.717) is 10.0 Å².